The number of fused-ring (bicyclic) bond motifs is 2. The van der Waals surface area contributed by atoms with Crippen molar-refractivity contribution >= 4 is 29.2 Å². The van der Waals surface area contributed by atoms with E-state index < -0.39 is 0 Å². The van der Waals surface area contributed by atoms with Crippen LogP contribution in [0.15, 0.2) is 71.4 Å². The number of anilines is 1. The third-order valence-electron chi connectivity index (χ3n) is 4.13. The number of furan rings is 1. The molecule has 5 nitrogen and oxygen atoms in total. The van der Waals surface area contributed by atoms with Crippen LogP contribution in [0.3, 0.4) is 0 Å². The van der Waals surface area contributed by atoms with E-state index in [2.05, 4.69) is 5.32 Å². The van der Waals surface area contributed by atoms with Crippen molar-refractivity contribution in [3.8, 4) is 0 Å². The Hall–Kier alpha value is -3.73. The molecule has 1 N–H and O–H groups in total. The van der Waals surface area contributed by atoms with Gasteiger partial charge in [-0.05, 0) is 36.4 Å². The van der Waals surface area contributed by atoms with Gasteiger partial charge < -0.3 is 9.73 Å². The standard InChI is InChI=1S/C21H13NO4/c23-19(10-8-14-4-3-11-26-14)22-13-7-9-17-18(12-13)21(25)16-6-2-1-5-15(16)20(17)24/h1-12H,(H,22,23)/b10-8+. The Bertz CT molecular complexity index is 1060. The molecule has 0 bridgehead atoms. The molecule has 0 aliphatic heterocycles. The van der Waals surface area contributed by atoms with Crippen molar-refractivity contribution in [1.82, 2.24) is 0 Å². The molecule has 0 spiro atoms. The third kappa shape index (κ3) is 2.75. The zero-order valence-electron chi connectivity index (χ0n) is 13.6. The number of hydrogen-bond donors (Lipinski definition) is 1. The molecule has 3 aromatic rings. The van der Waals surface area contributed by atoms with Gasteiger partial charge in [-0.3, -0.25) is 14.4 Å². The molecule has 26 heavy (non-hydrogen) atoms. The Labute approximate surface area is 149 Å². The van der Waals surface area contributed by atoms with Crippen LogP contribution < -0.4 is 5.32 Å². The summed E-state index contributed by atoms with van der Waals surface area (Å²) in [6.07, 6.45) is 4.39. The number of carbonyl (C=O) groups excluding carboxylic acids is 3. The van der Waals surface area contributed by atoms with E-state index in [9.17, 15) is 14.4 Å². The summed E-state index contributed by atoms with van der Waals surface area (Å²) in [5.74, 6) is -0.220. The van der Waals surface area contributed by atoms with Crippen molar-refractivity contribution in [3.05, 3.63) is 95.0 Å². The van der Waals surface area contributed by atoms with Crippen LogP contribution in [-0.4, -0.2) is 17.5 Å². The Morgan fingerprint density at radius 1 is 0.846 bits per heavy atom. The van der Waals surface area contributed by atoms with Crippen molar-refractivity contribution in [2.75, 3.05) is 5.32 Å². The van der Waals surface area contributed by atoms with E-state index in [4.69, 9.17) is 4.42 Å². The lowest BCUT2D eigenvalue weighted by atomic mass is 9.84. The largest absolute Gasteiger partial charge is 0.465 e. The molecular weight excluding hydrogens is 330 g/mol. The Morgan fingerprint density at radius 2 is 1.54 bits per heavy atom. The van der Waals surface area contributed by atoms with Crippen molar-refractivity contribution in [2.24, 2.45) is 0 Å². The number of ketones is 2. The Balaban J connectivity index is 1.60. The lowest BCUT2D eigenvalue weighted by Crippen LogP contribution is -2.21. The van der Waals surface area contributed by atoms with Crippen LogP contribution in [0.2, 0.25) is 0 Å². The highest BCUT2D eigenvalue weighted by atomic mass is 16.3. The molecule has 1 amide bonds. The van der Waals surface area contributed by atoms with Gasteiger partial charge >= 0.3 is 0 Å². The number of amides is 1. The smallest absolute Gasteiger partial charge is 0.248 e. The summed E-state index contributed by atoms with van der Waals surface area (Å²) in [7, 11) is 0. The van der Waals surface area contributed by atoms with Crippen LogP contribution in [0.25, 0.3) is 6.08 Å². The third-order valence-corrected chi connectivity index (χ3v) is 4.13. The van der Waals surface area contributed by atoms with E-state index in [1.807, 2.05) is 0 Å². The van der Waals surface area contributed by atoms with E-state index in [0.717, 1.165) is 0 Å². The molecule has 2 aromatic carbocycles. The Kier molecular flexibility index (Phi) is 3.82. The first-order chi connectivity index (χ1) is 12.6. The van der Waals surface area contributed by atoms with Crippen LogP contribution >= 0.6 is 0 Å². The zero-order chi connectivity index (χ0) is 18.1. The van der Waals surface area contributed by atoms with E-state index in [1.54, 1.807) is 54.6 Å². The SMILES string of the molecule is O=C(/C=C/c1ccco1)Nc1ccc2c(c1)C(=O)c1ccccc1C2=O. The predicted octanol–water partition coefficient (Wildman–Crippen LogP) is 3.71. The van der Waals surface area contributed by atoms with E-state index in [1.165, 1.54) is 18.4 Å². The molecule has 0 radical (unpaired) electrons. The first kappa shape index (κ1) is 15.8. The second-order valence-electron chi connectivity index (χ2n) is 5.80. The summed E-state index contributed by atoms with van der Waals surface area (Å²) in [5.41, 5.74) is 1.87. The number of hydrogen-bond acceptors (Lipinski definition) is 4. The molecule has 0 saturated heterocycles. The summed E-state index contributed by atoms with van der Waals surface area (Å²) in [6.45, 7) is 0. The molecular formula is C21H13NO4. The minimum Gasteiger partial charge on any atom is -0.465 e. The van der Waals surface area contributed by atoms with Gasteiger partial charge in [0.2, 0.25) is 5.91 Å². The molecule has 0 atom stereocenters. The molecule has 5 heteroatoms. The van der Waals surface area contributed by atoms with E-state index in [-0.39, 0.29) is 17.5 Å². The van der Waals surface area contributed by atoms with Gasteiger partial charge in [-0.15, -0.1) is 0 Å². The van der Waals surface area contributed by atoms with Crippen molar-refractivity contribution in [3.63, 3.8) is 0 Å². The van der Waals surface area contributed by atoms with Gasteiger partial charge in [-0.25, -0.2) is 0 Å². The van der Waals surface area contributed by atoms with Gasteiger partial charge in [-0.1, -0.05) is 24.3 Å². The first-order valence-electron chi connectivity index (χ1n) is 7.98. The number of benzene rings is 2. The quantitative estimate of drug-likeness (QED) is 0.575. The highest BCUT2D eigenvalue weighted by molar-refractivity contribution is 6.28. The van der Waals surface area contributed by atoms with Gasteiger partial charge in [0.25, 0.3) is 0 Å². The average molecular weight is 343 g/mol. The van der Waals surface area contributed by atoms with Gasteiger partial charge in [-0.2, -0.15) is 0 Å². The van der Waals surface area contributed by atoms with Crippen molar-refractivity contribution in [1.29, 1.82) is 0 Å². The summed E-state index contributed by atoms with van der Waals surface area (Å²) in [6, 6.07) is 14.9. The second-order valence-corrected chi connectivity index (χ2v) is 5.80. The summed E-state index contributed by atoms with van der Waals surface area (Å²) in [5, 5.41) is 2.68. The normalized spacial score (nSPS) is 12.8. The highest BCUT2D eigenvalue weighted by Gasteiger charge is 2.29. The van der Waals surface area contributed by atoms with Crippen LogP contribution in [0.5, 0.6) is 0 Å². The molecule has 126 valence electrons. The lowest BCUT2D eigenvalue weighted by Gasteiger charge is -2.18. The predicted molar refractivity (Wildman–Crippen MR) is 96.1 cm³/mol. The van der Waals surface area contributed by atoms with Crippen molar-refractivity contribution < 1.29 is 18.8 Å². The molecule has 1 aliphatic carbocycles. The molecule has 4 rings (SSSR count). The van der Waals surface area contributed by atoms with Crippen LogP contribution in [0, 0.1) is 0 Å². The molecule has 1 aliphatic rings. The maximum Gasteiger partial charge on any atom is 0.248 e. The first-order valence-corrected chi connectivity index (χ1v) is 7.98. The van der Waals surface area contributed by atoms with Gasteiger partial charge in [0.05, 0.1) is 6.26 Å². The summed E-state index contributed by atoms with van der Waals surface area (Å²) in [4.78, 5) is 37.3. The average Bonchev–Trinajstić information content (AvgIpc) is 3.18. The number of nitrogens with one attached hydrogen (secondary N) is 1. The number of carbonyl (C=O) groups is 3. The second kappa shape index (κ2) is 6.29. The van der Waals surface area contributed by atoms with Crippen LogP contribution in [-0.2, 0) is 4.79 Å². The van der Waals surface area contributed by atoms with Crippen LogP contribution in [0.1, 0.15) is 37.6 Å². The summed E-state index contributed by atoms with van der Waals surface area (Å²) >= 11 is 0. The van der Waals surface area contributed by atoms with Gasteiger partial charge in [0, 0.05) is 34.0 Å². The maximum atomic E-state index is 12.7. The fraction of sp³-hybridized carbons (Fsp3) is 0. The molecule has 0 fully saturated rings. The summed E-state index contributed by atoms with van der Waals surface area (Å²) < 4.78 is 5.12. The Morgan fingerprint density at radius 3 is 2.23 bits per heavy atom. The van der Waals surface area contributed by atoms with Crippen molar-refractivity contribution in [2.45, 2.75) is 0 Å². The molecule has 1 heterocycles. The molecule has 1 aromatic heterocycles. The lowest BCUT2D eigenvalue weighted by molar-refractivity contribution is -0.111. The van der Waals surface area contributed by atoms with E-state index in [0.29, 0.717) is 33.7 Å². The number of rotatable bonds is 3. The maximum absolute atomic E-state index is 12.7. The fourth-order valence-corrected chi connectivity index (χ4v) is 2.91. The van der Waals surface area contributed by atoms with E-state index >= 15 is 0 Å². The molecule has 0 unspecified atom stereocenters. The minimum atomic E-state index is -0.365. The monoisotopic (exact) mass is 343 g/mol. The van der Waals surface area contributed by atoms with Gasteiger partial charge in [0.1, 0.15) is 5.76 Å². The minimum absolute atomic E-state index is 0.189. The van der Waals surface area contributed by atoms with Gasteiger partial charge in [0.15, 0.2) is 11.6 Å². The zero-order valence-corrected chi connectivity index (χ0v) is 13.6. The van der Waals surface area contributed by atoms with Crippen LogP contribution in [0.4, 0.5) is 5.69 Å². The molecule has 0 saturated carbocycles. The highest BCUT2D eigenvalue weighted by Crippen LogP contribution is 2.29. The fourth-order valence-electron chi connectivity index (χ4n) is 2.91. The topological polar surface area (TPSA) is 76.4 Å².